The molecule has 0 aliphatic rings. The topological polar surface area (TPSA) is 56.2 Å². The van der Waals surface area contributed by atoms with E-state index in [1.165, 1.54) is 0 Å². The lowest BCUT2D eigenvalue weighted by Gasteiger charge is -2.09. The number of hydrogen-bond acceptors (Lipinski definition) is 3. The van der Waals surface area contributed by atoms with Gasteiger partial charge in [-0.15, -0.1) is 0 Å². The van der Waals surface area contributed by atoms with Gasteiger partial charge in [-0.1, -0.05) is 25.5 Å². The quantitative estimate of drug-likeness (QED) is 0.851. The van der Waals surface area contributed by atoms with E-state index in [1.54, 1.807) is 25.4 Å². The summed E-state index contributed by atoms with van der Waals surface area (Å²) < 4.78 is 6.87. The molecule has 1 N–H and O–H groups in total. The van der Waals surface area contributed by atoms with Crippen molar-refractivity contribution in [3.63, 3.8) is 0 Å². The molecule has 0 saturated heterocycles. The summed E-state index contributed by atoms with van der Waals surface area (Å²) in [5, 5.41) is 7.12. The molecule has 2 aromatic rings. The molecule has 0 unspecified atom stereocenters. The fourth-order valence-corrected chi connectivity index (χ4v) is 2.03. The summed E-state index contributed by atoms with van der Waals surface area (Å²) in [6.07, 6.45) is 3.83. The van der Waals surface area contributed by atoms with Crippen LogP contribution in [0.1, 0.15) is 35.7 Å². The Balaban J connectivity index is 2.02. The molecule has 0 saturated carbocycles. The average molecular weight is 287 g/mol. The smallest absolute Gasteiger partial charge is 0.256 e. The highest BCUT2D eigenvalue weighted by Gasteiger charge is 2.09. The molecular weight excluding hydrogens is 266 g/mol. The van der Waals surface area contributed by atoms with E-state index in [4.69, 9.17) is 4.74 Å². The summed E-state index contributed by atoms with van der Waals surface area (Å²) in [6.45, 7) is 3.49. The molecule has 1 aromatic carbocycles. The molecule has 1 amide bonds. The van der Waals surface area contributed by atoms with E-state index in [9.17, 15) is 4.79 Å². The van der Waals surface area contributed by atoms with Gasteiger partial charge >= 0.3 is 0 Å². The fraction of sp³-hybridized carbons (Fsp3) is 0.375. The molecule has 0 atom stereocenters. The Morgan fingerprint density at radius 1 is 1.29 bits per heavy atom. The molecule has 112 valence electrons. The van der Waals surface area contributed by atoms with Crippen molar-refractivity contribution in [3.05, 3.63) is 47.7 Å². The number of amides is 1. The van der Waals surface area contributed by atoms with Crippen molar-refractivity contribution in [2.24, 2.45) is 0 Å². The lowest BCUT2D eigenvalue weighted by molar-refractivity contribution is 0.102. The van der Waals surface area contributed by atoms with Crippen LogP contribution >= 0.6 is 0 Å². The van der Waals surface area contributed by atoms with E-state index in [1.807, 2.05) is 22.9 Å². The highest BCUT2D eigenvalue weighted by atomic mass is 16.5. The molecule has 0 bridgehead atoms. The van der Waals surface area contributed by atoms with E-state index in [0.29, 0.717) is 12.2 Å². The summed E-state index contributed by atoms with van der Waals surface area (Å²) >= 11 is 0. The van der Waals surface area contributed by atoms with Crippen LogP contribution in [-0.2, 0) is 17.9 Å². The van der Waals surface area contributed by atoms with Crippen LogP contribution in [0.4, 0.5) is 5.82 Å². The number of methoxy groups -OCH3 is 1. The zero-order valence-corrected chi connectivity index (χ0v) is 12.5. The van der Waals surface area contributed by atoms with Crippen LogP contribution in [0.3, 0.4) is 0 Å². The highest BCUT2D eigenvalue weighted by Crippen LogP contribution is 2.11. The van der Waals surface area contributed by atoms with Gasteiger partial charge in [-0.25, -0.2) is 4.68 Å². The van der Waals surface area contributed by atoms with Gasteiger partial charge in [0.15, 0.2) is 0 Å². The van der Waals surface area contributed by atoms with Gasteiger partial charge in [0, 0.05) is 25.3 Å². The Hall–Kier alpha value is -2.14. The van der Waals surface area contributed by atoms with Crippen molar-refractivity contribution in [2.45, 2.75) is 32.9 Å². The number of carbonyl (C=O) groups excluding carboxylic acids is 1. The first kappa shape index (κ1) is 15.3. The van der Waals surface area contributed by atoms with Crippen LogP contribution in [0.5, 0.6) is 0 Å². The third-order valence-electron chi connectivity index (χ3n) is 3.21. The van der Waals surface area contributed by atoms with E-state index in [2.05, 4.69) is 17.3 Å². The van der Waals surface area contributed by atoms with E-state index < -0.39 is 0 Å². The number of benzene rings is 1. The highest BCUT2D eigenvalue weighted by molar-refractivity contribution is 6.03. The summed E-state index contributed by atoms with van der Waals surface area (Å²) in [4.78, 5) is 12.2. The molecule has 5 nitrogen and oxygen atoms in total. The molecule has 0 radical (unpaired) electrons. The van der Waals surface area contributed by atoms with Crippen molar-refractivity contribution < 1.29 is 9.53 Å². The first-order chi connectivity index (χ1) is 10.2. The Bertz CT molecular complexity index is 575. The molecular formula is C16H21N3O2. The van der Waals surface area contributed by atoms with Gasteiger partial charge in [0.05, 0.1) is 12.8 Å². The van der Waals surface area contributed by atoms with Crippen molar-refractivity contribution >= 4 is 11.7 Å². The first-order valence-corrected chi connectivity index (χ1v) is 7.15. The van der Waals surface area contributed by atoms with Crippen LogP contribution < -0.4 is 5.32 Å². The number of hydrogen-bond donors (Lipinski definition) is 1. The van der Waals surface area contributed by atoms with E-state index in [0.717, 1.165) is 30.8 Å². The average Bonchev–Trinajstić information content (AvgIpc) is 2.93. The van der Waals surface area contributed by atoms with Gasteiger partial charge < -0.3 is 10.1 Å². The van der Waals surface area contributed by atoms with Gasteiger partial charge in [0.25, 0.3) is 5.91 Å². The molecule has 0 aliphatic heterocycles. The predicted molar refractivity (Wildman–Crippen MR) is 82.2 cm³/mol. The Labute approximate surface area is 124 Å². The summed E-state index contributed by atoms with van der Waals surface area (Å²) in [7, 11) is 1.65. The maximum Gasteiger partial charge on any atom is 0.256 e. The van der Waals surface area contributed by atoms with Gasteiger partial charge in [0.2, 0.25) is 0 Å². The lowest BCUT2D eigenvalue weighted by Crippen LogP contribution is -2.16. The van der Waals surface area contributed by atoms with E-state index in [-0.39, 0.29) is 5.91 Å². The lowest BCUT2D eigenvalue weighted by atomic mass is 10.1. The number of nitrogens with one attached hydrogen (secondary N) is 1. The minimum atomic E-state index is -0.128. The second kappa shape index (κ2) is 7.59. The molecule has 0 spiro atoms. The minimum Gasteiger partial charge on any atom is -0.380 e. The Kier molecular flexibility index (Phi) is 5.51. The standard InChI is InChI=1S/C16H21N3O2/c1-3-4-11-19-15(9-10-17-19)18-16(20)14-7-5-13(6-8-14)12-21-2/h5-10H,3-4,11-12H2,1-2H3,(H,18,20). The van der Waals surface area contributed by atoms with Crippen molar-refractivity contribution in [1.29, 1.82) is 0 Å². The Morgan fingerprint density at radius 2 is 2.05 bits per heavy atom. The summed E-state index contributed by atoms with van der Waals surface area (Å²) in [5.41, 5.74) is 1.67. The maximum atomic E-state index is 12.2. The number of ether oxygens (including phenoxy) is 1. The molecule has 2 rings (SSSR count). The number of rotatable bonds is 7. The van der Waals surface area contributed by atoms with Crippen molar-refractivity contribution in [3.8, 4) is 0 Å². The predicted octanol–water partition coefficient (Wildman–Crippen LogP) is 3.08. The van der Waals surface area contributed by atoms with Crippen LogP contribution in [0.15, 0.2) is 36.5 Å². The first-order valence-electron chi connectivity index (χ1n) is 7.15. The molecule has 0 fully saturated rings. The Morgan fingerprint density at radius 3 is 2.71 bits per heavy atom. The van der Waals surface area contributed by atoms with E-state index >= 15 is 0 Å². The fourth-order valence-electron chi connectivity index (χ4n) is 2.03. The minimum absolute atomic E-state index is 0.128. The second-order valence-corrected chi connectivity index (χ2v) is 4.88. The van der Waals surface area contributed by atoms with Crippen molar-refractivity contribution in [2.75, 3.05) is 12.4 Å². The molecule has 0 aliphatic carbocycles. The van der Waals surface area contributed by atoms with Gasteiger partial charge in [0.1, 0.15) is 5.82 Å². The van der Waals surface area contributed by atoms with Crippen LogP contribution in [0, 0.1) is 0 Å². The molecule has 1 heterocycles. The zero-order valence-electron chi connectivity index (χ0n) is 12.5. The number of nitrogens with zero attached hydrogens (tertiary/aromatic N) is 2. The number of aryl methyl sites for hydroxylation is 1. The van der Waals surface area contributed by atoms with Crippen LogP contribution in [0.2, 0.25) is 0 Å². The SMILES string of the molecule is CCCCn1nccc1NC(=O)c1ccc(COC)cc1. The maximum absolute atomic E-state index is 12.2. The molecule has 21 heavy (non-hydrogen) atoms. The molecule has 5 heteroatoms. The third-order valence-corrected chi connectivity index (χ3v) is 3.21. The van der Waals surface area contributed by atoms with Crippen LogP contribution in [-0.4, -0.2) is 22.8 Å². The third kappa shape index (κ3) is 4.16. The summed E-state index contributed by atoms with van der Waals surface area (Å²) in [5.74, 6) is 0.603. The van der Waals surface area contributed by atoms with Crippen molar-refractivity contribution in [1.82, 2.24) is 9.78 Å². The monoisotopic (exact) mass is 287 g/mol. The molecule has 1 aromatic heterocycles. The summed E-state index contributed by atoms with van der Waals surface area (Å²) in [6, 6.07) is 9.21. The van der Waals surface area contributed by atoms with Gasteiger partial charge in [-0.2, -0.15) is 5.10 Å². The largest absolute Gasteiger partial charge is 0.380 e. The number of carbonyl (C=O) groups is 1. The number of aromatic nitrogens is 2. The zero-order chi connectivity index (χ0) is 15.1. The second-order valence-electron chi connectivity index (χ2n) is 4.88. The van der Waals surface area contributed by atoms with Gasteiger partial charge in [-0.05, 0) is 24.1 Å². The number of unbranched alkanes of at least 4 members (excludes halogenated alkanes) is 1. The normalized spacial score (nSPS) is 10.6. The van der Waals surface area contributed by atoms with Crippen LogP contribution in [0.25, 0.3) is 0 Å². The number of anilines is 1. The van der Waals surface area contributed by atoms with Gasteiger partial charge in [-0.3, -0.25) is 4.79 Å².